The van der Waals surface area contributed by atoms with Gasteiger partial charge in [-0.15, -0.1) is 0 Å². The molecule has 2 aromatic rings. The Labute approximate surface area is 139 Å². The standard InChI is InChI=1S/C20H26N2O/c1-15(2)18-10-12-19(13-11-18)21-20(23)16(3)22(4)14-17-8-6-5-7-9-17/h5-13,15-16H,14H2,1-4H3,(H,21,23)/t16-/m1/s1. The Kier molecular flexibility index (Phi) is 5.94. The van der Waals surface area contributed by atoms with Crippen LogP contribution in [0.4, 0.5) is 5.69 Å². The summed E-state index contributed by atoms with van der Waals surface area (Å²) in [6.45, 7) is 7.00. The summed E-state index contributed by atoms with van der Waals surface area (Å²) in [5, 5.41) is 2.99. The highest BCUT2D eigenvalue weighted by atomic mass is 16.2. The lowest BCUT2D eigenvalue weighted by atomic mass is 10.0. The van der Waals surface area contributed by atoms with Gasteiger partial charge in [-0.25, -0.2) is 0 Å². The van der Waals surface area contributed by atoms with E-state index in [4.69, 9.17) is 0 Å². The summed E-state index contributed by atoms with van der Waals surface area (Å²) in [6, 6.07) is 18.1. The maximum Gasteiger partial charge on any atom is 0.241 e. The summed E-state index contributed by atoms with van der Waals surface area (Å²) in [6.07, 6.45) is 0. The van der Waals surface area contributed by atoms with Crippen LogP contribution in [0, 0.1) is 0 Å². The van der Waals surface area contributed by atoms with Crippen molar-refractivity contribution in [1.82, 2.24) is 4.90 Å². The molecule has 1 atom stereocenters. The zero-order chi connectivity index (χ0) is 16.8. The van der Waals surface area contributed by atoms with Crippen LogP contribution in [0.2, 0.25) is 0 Å². The van der Waals surface area contributed by atoms with Crippen molar-refractivity contribution in [2.24, 2.45) is 0 Å². The van der Waals surface area contributed by atoms with Crippen molar-refractivity contribution < 1.29 is 4.79 Å². The Morgan fingerprint density at radius 2 is 1.61 bits per heavy atom. The van der Waals surface area contributed by atoms with Gasteiger partial charge in [-0.3, -0.25) is 9.69 Å². The highest BCUT2D eigenvalue weighted by Crippen LogP contribution is 2.17. The summed E-state index contributed by atoms with van der Waals surface area (Å²) in [5.74, 6) is 0.511. The maximum absolute atomic E-state index is 12.4. The summed E-state index contributed by atoms with van der Waals surface area (Å²) in [5.41, 5.74) is 3.33. The number of likely N-dealkylation sites (N-methyl/N-ethyl adjacent to an activating group) is 1. The Balaban J connectivity index is 1.93. The second-order valence-corrected chi connectivity index (χ2v) is 6.34. The van der Waals surface area contributed by atoms with Gasteiger partial charge in [0.25, 0.3) is 0 Å². The quantitative estimate of drug-likeness (QED) is 0.864. The number of carbonyl (C=O) groups excluding carboxylic acids is 1. The summed E-state index contributed by atoms with van der Waals surface area (Å²) >= 11 is 0. The molecule has 0 heterocycles. The minimum atomic E-state index is -0.194. The Bertz CT molecular complexity index is 620. The molecule has 0 aliphatic rings. The number of benzene rings is 2. The van der Waals surface area contributed by atoms with Crippen LogP contribution in [0.1, 0.15) is 37.8 Å². The summed E-state index contributed by atoms with van der Waals surface area (Å²) in [7, 11) is 1.97. The molecule has 23 heavy (non-hydrogen) atoms. The number of nitrogens with zero attached hydrogens (tertiary/aromatic N) is 1. The molecule has 3 heteroatoms. The van der Waals surface area contributed by atoms with E-state index in [1.165, 1.54) is 11.1 Å². The van der Waals surface area contributed by atoms with Gasteiger partial charge < -0.3 is 5.32 Å². The fraction of sp³-hybridized carbons (Fsp3) is 0.350. The Morgan fingerprint density at radius 3 is 2.17 bits per heavy atom. The average Bonchev–Trinajstić information content (AvgIpc) is 2.55. The molecule has 0 unspecified atom stereocenters. The molecular formula is C20H26N2O. The molecule has 2 rings (SSSR count). The number of anilines is 1. The fourth-order valence-electron chi connectivity index (χ4n) is 2.41. The zero-order valence-electron chi connectivity index (χ0n) is 14.4. The number of hydrogen-bond acceptors (Lipinski definition) is 2. The molecule has 0 fully saturated rings. The first kappa shape index (κ1) is 17.2. The van der Waals surface area contributed by atoms with Gasteiger partial charge in [0, 0.05) is 12.2 Å². The second kappa shape index (κ2) is 7.93. The van der Waals surface area contributed by atoms with E-state index in [1.54, 1.807) is 0 Å². The van der Waals surface area contributed by atoms with Crippen molar-refractivity contribution >= 4 is 11.6 Å². The number of nitrogens with one attached hydrogen (secondary N) is 1. The third-order valence-corrected chi connectivity index (χ3v) is 4.16. The molecule has 2 aromatic carbocycles. The first-order valence-electron chi connectivity index (χ1n) is 8.12. The number of hydrogen-bond donors (Lipinski definition) is 1. The van der Waals surface area contributed by atoms with Gasteiger partial charge in [0.05, 0.1) is 6.04 Å². The van der Waals surface area contributed by atoms with Gasteiger partial charge in [0.15, 0.2) is 0 Å². The van der Waals surface area contributed by atoms with E-state index in [9.17, 15) is 4.79 Å². The molecule has 0 saturated carbocycles. The number of carbonyl (C=O) groups is 1. The van der Waals surface area contributed by atoms with E-state index in [-0.39, 0.29) is 11.9 Å². The minimum absolute atomic E-state index is 0.0146. The molecule has 122 valence electrons. The highest BCUT2D eigenvalue weighted by Gasteiger charge is 2.18. The maximum atomic E-state index is 12.4. The third-order valence-electron chi connectivity index (χ3n) is 4.16. The van der Waals surface area contributed by atoms with E-state index in [1.807, 2.05) is 49.2 Å². The van der Waals surface area contributed by atoms with E-state index in [2.05, 4.69) is 43.4 Å². The lowest BCUT2D eigenvalue weighted by Crippen LogP contribution is -2.39. The molecule has 0 saturated heterocycles. The van der Waals surface area contributed by atoms with E-state index in [0.29, 0.717) is 5.92 Å². The van der Waals surface area contributed by atoms with E-state index >= 15 is 0 Å². The number of amides is 1. The second-order valence-electron chi connectivity index (χ2n) is 6.34. The van der Waals surface area contributed by atoms with Gasteiger partial charge in [-0.05, 0) is 43.1 Å². The first-order valence-corrected chi connectivity index (χ1v) is 8.12. The van der Waals surface area contributed by atoms with Gasteiger partial charge in [-0.2, -0.15) is 0 Å². The molecule has 0 aliphatic heterocycles. The molecule has 1 N–H and O–H groups in total. The molecule has 0 spiro atoms. The monoisotopic (exact) mass is 310 g/mol. The van der Waals surface area contributed by atoms with Crippen molar-refractivity contribution in [3.05, 3.63) is 65.7 Å². The normalized spacial score (nSPS) is 12.4. The molecule has 0 bridgehead atoms. The van der Waals surface area contributed by atoms with Crippen molar-refractivity contribution in [2.75, 3.05) is 12.4 Å². The van der Waals surface area contributed by atoms with Crippen LogP contribution in [0.15, 0.2) is 54.6 Å². The first-order chi connectivity index (χ1) is 11.0. The van der Waals surface area contributed by atoms with Crippen LogP contribution in [-0.4, -0.2) is 23.9 Å². The predicted molar refractivity (Wildman–Crippen MR) is 96.5 cm³/mol. The molecule has 3 nitrogen and oxygen atoms in total. The zero-order valence-corrected chi connectivity index (χ0v) is 14.4. The van der Waals surface area contributed by atoms with Crippen molar-refractivity contribution in [3.8, 4) is 0 Å². The average molecular weight is 310 g/mol. The topological polar surface area (TPSA) is 32.3 Å². The minimum Gasteiger partial charge on any atom is -0.325 e. The van der Waals surface area contributed by atoms with Gasteiger partial charge in [-0.1, -0.05) is 56.3 Å². The van der Waals surface area contributed by atoms with E-state index in [0.717, 1.165) is 12.2 Å². The van der Waals surface area contributed by atoms with Crippen LogP contribution >= 0.6 is 0 Å². The van der Waals surface area contributed by atoms with Crippen LogP contribution in [0.5, 0.6) is 0 Å². The lowest BCUT2D eigenvalue weighted by Gasteiger charge is -2.24. The van der Waals surface area contributed by atoms with Crippen LogP contribution in [0.3, 0.4) is 0 Å². The van der Waals surface area contributed by atoms with Crippen molar-refractivity contribution in [3.63, 3.8) is 0 Å². The molecule has 0 aromatic heterocycles. The van der Waals surface area contributed by atoms with Crippen molar-refractivity contribution in [1.29, 1.82) is 0 Å². The summed E-state index contributed by atoms with van der Waals surface area (Å²) < 4.78 is 0. The largest absolute Gasteiger partial charge is 0.325 e. The predicted octanol–water partition coefficient (Wildman–Crippen LogP) is 4.27. The molecule has 0 aliphatic carbocycles. The Morgan fingerprint density at radius 1 is 1.00 bits per heavy atom. The highest BCUT2D eigenvalue weighted by molar-refractivity contribution is 5.94. The van der Waals surface area contributed by atoms with Gasteiger partial charge >= 0.3 is 0 Å². The van der Waals surface area contributed by atoms with Crippen LogP contribution < -0.4 is 5.32 Å². The lowest BCUT2D eigenvalue weighted by molar-refractivity contribution is -0.120. The SMILES string of the molecule is CC(C)c1ccc(NC(=O)[C@@H](C)N(C)Cc2ccccc2)cc1. The summed E-state index contributed by atoms with van der Waals surface area (Å²) in [4.78, 5) is 14.5. The smallest absolute Gasteiger partial charge is 0.241 e. The van der Waals surface area contributed by atoms with Crippen LogP contribution in [0.25, 0.3) is 0 Å². The van der Waals surface area contributed by atoms with Crippen LogP contribution in [-0.2, 0) is 11.3 Å². The van der Waals surface area contributed by atoms with Gasteiger partial charge in [0.1, 0.15) is 0 Å². The van der Waals surface area contributed by atoms with E-state index < -0.39 is 0 Å². The molecular weight excluding hydrogens is 284 g/mol. The third kappa shape index (κ3) is 4.93. The molecule has 1 amide bonds. The number of rotatable bonds is 6. The van der Waals surface area contributed by atoms with Gasteiger partial charge in [0.2, 0.25) is 5.91 Å². The van der Waals surface area contributed by atoms with Crippen molar-refractivity contribution in [2.45, 2.75) is 39.3 Å². The fourth-order valence-corrected chi connectivity index (χ4v) is 2.41. The molecule has 0 radical (unpaired) electrons. The Hall–Kier alpha value is -2.13.